The van der Waals surface area contributed by atoms with Crippen molar-refractivity contribution in [1.82, 2.24) is 5.01 Å². The van der Waals surface area contributed by atoms with Gasteiger partial charge in [-0.05, 0) is 55.0 Å². The molecule has 0 radical (unpaired) electrons. The van der Waals surface area contributed by atoms with E-state index in [1.165, 1.54) is 0 Å². The summed E-state index contributed by atoms with van der Waals surface area (Å²) in [5, 5.41) is 5.63. The van der Waals surface area contributed by atoms with Crippen molar-refractivity contribution < 1.29 is 4.74 Å². The Morgan fingerprint density at radius 1 is 0.957 bits per heavy atom. The van der Waals surface area contributed by atoms with E-state index in [-0.39, 0.29) is 6.23 Å². The number of hydrogen-bond donors (Lipinski definition) is 0. The topological polar surface area (TPSA) is 15.7 Å². The first kappa shape index (κ1) is 16.2. The predicted molar refractivity (Wildman–Crippen MR) is 95.5 cm³/mol. The third-order valence-corrected chi connectivity index (χ3v) is 4.39. The van der Waals surface area contributed by atoms with Gasteiger partial charge in [0.1, 0.15) is 0 Å². The summed E-state index contributed by atoms with van der Waals surface area (Å²) in [5.74, 6) is 0. The standard InChI is InChI=1S/C18H18Cl2N2O/c1-13-11-18(23-12-14-3-5-15(19)6-4-14)22(21(13)2)17-9-7-16(20)8-10-17/h3-11,18H,12H2,1-2H3. The first-order chi connectivity index (χ1) is 11.0. The van der Waals surface area contributed by atoms with Crippen molar-refractivity contribution in [2.24, 2.45) is 0 Å². The number of halogens is 2. The highest BCUT2D eigenvalue weighted by molar-refractivity contribution is 6.30. The fourth-order valence-electron chi connectivity index (χ4n) is 2.52. The van der Waals surface area contributed by atoms with E-state index in [2.05, 4.69) is 23.0 Å². The van der Waals surface area contributed by atoms with E-state index in [0.29, 0.717) is 6.61 Å². The molecule has 1 unspecified atom stereocenters. The third-order valence-electron chi connectivity index (χ3n) is 3.88. The van der Waals surface area contributed by atoms with E-state index < -0.39 is 0 Å². The van der Waals surface area contributed by atoms with Crippen LogP contribution in [0.2, 0.25) is 10.0 Å². The van der Waals surface area contributed by atoms with Crippen molar-refractivity contribution in [2.45, 2.75) is 19.8 Å². The van der Waals surface area contributed by atoms with Gasteiger partial charge in [-0.3, -0.25) is 10.0 Å². The molecule has 2 aromatic rings. The number of benzene rings is 2. The Hall–Kier alpha value is -1.68. The van der Waals surface area contributed by atoms with Gasteiger partial charge in [0.2, 0.25) is 0 Å². The monoisotopic (exact) mass is 348 g/mol. The van der Waals surface area contributed by atoms with Crippen LogP contribution in [0.15, 0.2) is 60.3 Å². The van der Waals surface area contributed by atoms with Crippen LogP contribution >= 0.6 is 23.2 Å². The number of anilines is 1. The van der Waals surface area contributed by atoms with E-state index >= 15 is 0 Å². The summed E-state index contributed by atoms with van der Waals surface area (Å²) in [6.07, 6.45) is 1.95. The number of rotatable bonds is 4. The van der Waals surface area contributed by atoms with E-state index in [9.17, 15) is 0 Å². The summed E-state index contributed by atoms with van der Waals surface area (Å²) < 4.78 is 6.10. The average molecular weight is 349 g/mol. The van der Waals surface area contributed by atoms with Crippen molar-refractivity contribution in [2.75, 3.05) is 12.1 Å². The molecule has 0 fully saturated rings. The molecule has 1 atom stereocenters. The largest absolute Gasteiger partial charge is 0.348 e. The molecular formula is C18H18Cl2N2O. The number of hydrogen-bond acceptors (Lipinski definition) is 3. The lowest BCUT2D eigenvalue weighted by Crippen LogP contribution is -2.41. The fourth-order valence-corrected chi connectivity index (χ4v) is 2.77. The van der Waals surface area contributed by atoms with Crippen molar-refractivity contribution in [3.8, 4) is 0 Å². The van der Waals surface area contributed by atoms with Gasteiger partial charge in [0, 0.05) is 22.8 Å². The zero-order valence-electron chi connectivity index (χ0n) is 13.0. The minimum Gasteiger partial charge on any atom is -0.348 e. The lowest BCUT2D eigenvalue weighted by molar-refractivity contribution is 0.0558. The average Bonchev–Trinajstić information content (AvgIpc) is 2.83. The minimum atomic E-state index is -0.156. The summed E-state index contributed by atoms with van der Waals surface area (Å²) in [4.78, 5) is 0. The number of nitrogens with zero attached hydrogens (tertiary/aromatic N) is 2. The van der Waals surface area contributed by atoms with E-state index in [1.807, 2.05) is 55.6 Å². The highest BCUT2D eigenvalue weighted by Crippen LogP contribution is 2.29. The molecule has 3 rings (SSSR count). The number of allylic oxidation sites excluding steroid dienone is 1. The highest BCUT2D eigenvalue weighted by atomic mass is 35.5. The maximum absolute atomic E-state index is 6.10. The SMILES string of the molecule is CC1=CC(OCc2ccc(Cl)cc2)N(c2ccc(Cl)cc2)N1C. The summed E-state index contributed by atoms with van der Waals surface area (Å²) in [6.45, 7) is 2.58. The first-order valence-electron chi connectivity index (χ1n) is 7.37. The van der Waals surface area contributed by atoms with Crippen LogP contribution in [0.5, 0.6) is 0 Å². The molecule has 5 heteroatoms. The Kier molecular flexibility index (Phi) is 4.81. The molecule has 1 aliphatic heterocycles. The molecule has 0 saturated heterocycles. The van der Waals surface area contributed by atoms with Crippen LogP contribution in [0.25, 0.3) is 0 Å². The van der Waals surface area contributed by atoms with Crippen molar-refractivity contribution in [1.29, 1.82) is 0 Å². The molecule has 0 aromatic heterocycles. The second-order valence-corrected chi connectivity index (χ2v) is 6.35. The highest BCUT2D eigenvalue weighted by Gasteiger charge is 2.28. The fraction of sp³-hybridized carbons (Fsp3) is 0.222. The van der Waals surface area contributed by atoms with Crippen LogP contribution in [-0.2, 0) is 11.3 Å². The Morgan fingerprint density at radius 2 is 1.52 bits per heavy atom. The van der Waals surface area contributed by atoms with E-state index in [4.69, 9.17) is 27.9 Å². The van der Waals surface area contributed by atoms with Crippen molar-refractivity contribution in [3.05, 3.63) is 75.9 Å². The molecule has 3 nitrogen and oxygen atoms in total. The van der Waals surface area contributed by atoms with Crippen LogP contribution in [0.4, 0.5) is 5.69 Å². The Morgan fingerprint density at radius 3 is 2.13 bits per heavy atom. The Labute approximate surface area is 146 Å². The van der Waals surface area contributed by atoms with Crippen LogP contribution < -0.4 is 5.01 Å². The van der Waals surface area contributed by atoms with Gasteiger partial charge >= 0.3 is 0 Å². The molecule has 23 heavy (non-hydrogen) atoms. The Balaban J connectivity index is 1.75. The van der Waals surface area contributed by atoms with Crippen LogP contribution in [-0.4, -0.2) is 18.3 Å². The van der Waals surface area contributed by atoms with Gasteiger partial charge in [0.25, 0.3) is 0 Å². The summed E-state index contributed by atoms with van der Waals surface area (Å²) >= 11 is 11.9. The zero-order chi connectivity index (χ0) is 16.4. The van der Waals surface area contributed by atoms with Crippen LogP contribution in [0.1, 0.15) is 12.5 Å². The van der Waals surface area contributed by atoms with Gasteiger partial charge < -0.3 is 4.74 Å². The van der Waals surface area contributed by atoms with Gasteiger partial charge in [-0.2, -0.15) is 0 Å². The molecule has 120 valence electrons. The third kappa shape index (κ3) is 3.63. The molecular weight excluding hydrogens is 331 g/mol. The molecule has 0 N–H and O–H groups in total. The number of hydrazine groups is 1. The second kappa shape index (κ2) is 6.83. The lowest BCUT2D eigenvalue weighted by atomic mass is 10.2. The number of ether oxygens (including phenoxy) is 1. The molecule has 0 spiro atoms. The molecule has 2 aromatic carbocycles. The lowest BCUT2D eigenvalue weighted by Gasteiger charge is -2.34. The maximum Gasteiger partial charge on any atom is 0.170 e. The van der Waals surface area contributed by atoms with Crippen LogP contribution in [0.3, 0.4) is 0 Å². The zero-order valence-corrected chi connectivity index (χ0v) is 14.6. The Bertz CT molecular complexity index is 698. The van der Waals surface area contributed by atoms with Gasteiger partial charge in [-0.15, -0.1) is 0 Å². The van der Waals surface area contributed by atoms with Crippen molar-refractivity contribution in [3.63, 3.8) is 0 Å². The molecule has 0 aliphatic carbocycles. The second-order valence-electron chi connectivity index (χ2n) is 5.48. The smallest absolute Gasteiger partial charge is 0.170 e. The quantitative estimate of drug-likeness (QED) is 0.763. The maximum atomic E-state index is 6.10. The van der Waals surface area contributed by atoms with Crippen molar-refractivity contribution >= 4 is 28.9 Å². The van der Waals surface area contributed by atoms with Gasteiger partial charge in [-0.25, -0.2) is 0 Å². The van der Waals surface area contributed by atoms with Gasteiger partial charge in [-0.1, -0.05) is 35.3 Å². The first-order valence-corrected chi connectivity index (χ1v) is 8.13. The molecule has 0 bridgehead atoms. The van der Waals surface area contributed by atoms with Gasteiger partial charge in [0.15, 0.2) is 6.23 Å². The molecule has 1 heterocycles. The van der Waals surface area contributed by atoms with Crippen LogP contribution in [0, 0.1) is 0 Å². The van der Waals surface area contributed by atoms with E-state index in [0.717, 1.165) is 27.0 Å². The molecule has 0 saturated carbocycles. The minimum absolute atomic E-state index is 0.156. The summed E-state index contributed by atoms with van der Waals surface area (Å²) in [5.41, 5.74) is 3.26. The normalized spacial score (nSPS) is 17.6. The molecule has 0 amide bonds. The van der Waals surface area contributed by atoms with Gasteiger partial charge in [0.05, 0.1) is 12.3 Å². The summed E-state index contributed by atoms with van der Waals surface area (Å²) in [7, 11) is 2.02. The van der Waals surface area contributed by atoms with E-state index in [1.54, 1.807) is 0 Å². The molecule has 1 aliphatic rings. The summed E-state index contributed by atoms with van der Waals surface area (Å²) in [6, 6.07) is 15.4. The predicted octanol–water partition coefficient (Wildman–Crippen LogP) is 5.11.